The van der Waals surface area contributed by atoms with E-state index in [2.05, 4.69) is 41.8 Å². The lowest BCUT2D eigenvalue weighted by Crippen LogP contribution is -1.98. The Balaban J connectivity index is 2.42. The second-order valence-corrected chi connectivity index (χ2v) is 6.02. The fraction of sp³-hybridized carbons (Fsp3) is 0. The zero-order chi connectivity index (χ0) is 13.1. The molecule has 0 radical (unpaired) electrons. The molecule has 1 heterocycles. The maximum absolute atomic E-state index is 11.1. The van der Waals surface area contributed by atoms with Gasteiger partial charge < -0.3 is 5.11 Å². The Morgan fingerprint density at radius 1 is 1.33 bits per heavy atom. The van der Waals surface area contributed by atoms with Gasteiger partial charge >= 0.3 is 5.97 Å². The summed E-state index contributed by atoms with van der Waals surface area (Å²) in [6.45, 7) is 0. The van der Waals surface area contributed by atoms with Crippen LogP contribution in [-0.2, 0) is 0 Å². The van der Waals surface area contributed by atoms with Crippen LogP contribution in [0.15, 0.2) is 49.6 Å². The Hall–Kier alpha value is -0.920. The Labute approximate surface area is 124 Å². The predicted octanol–water partition coefficient (Wildman–Crippen LogP) is 3.85. The molecule has 1 N–H and O–H groups in total. The summed E-state index contributed by atoms with van der Waals surface area (Å²) in [6, 6.07) is 5.01. The van der Waals surface area contributed by atoms with Crippen molar-refractivity contribution in [2.24, 2.45) is 0 Å². The van der Waals surface area contributed by atoms with Crippen molar-refractivity contribution in [2.45, 2.75) is 9.92 Å². The molecule has 0 saturated heterocycles. The van der Waals surface area contributed by atoms with Gasteiger partial charge in [-0.05, 0) is 34.1 Å². The number of carboxylic acids is 1. The van der Waals surface area contributed by atoms with Crippen LogP contribution in [0.25, 0.3) is 0 Å². The summed E-state index contributed by atoms with van der Waals surface area (Å²) >= 11 is 7.93. The van der Waals surface area contributed by atoms with E-state index >= 15 is 0 Å². The molecular formula is C11H6Br2N2O2S. The van der Waals surface area contributed by atoms with Crippen LogP contribution in [0.1, 0.15) is 10.4 Å². The molecule has 0 aliphatic carbocycles. The molecule has 0 saturated carbocycles. The second kappa shape index (κ2) is 5.81. The van der Waals surface area contributed by atoms with Gasteiger partial charge in [0.1, 0.15) is 11.4 Å². The van der Waals surface area contributed by atoms with E-state index in [-0.39, 0.29) is 5.56 Å². The van der Waals surface area contributed by atoms with E-state index in [1.807, 2.05) is 0 Å². The van der Waals surface area contributed by atoms with Gasteiger partial charge in [-0.25, -0.2) is 14.8 Å². The van der Waals surface area contributed by atoms with Crippen molar-refractivity contribution < 1.29 is 9.90 Å². The van der Waals surface area contributed by atoms with Gasteiger partial charge in [0.05, 0.1) is 10.0 Å². The van der Waals surface area contributed by atoms with Crippen molar-refractivity contribution in [3.05, 3.63) is 45.2 Å². The normalized spacial score (nSPS) is 10.3. The van der Waals surface area contributed by atoms with Crippen LogP contribution >= 0.6 is 43.6 Å². The third kappa shape index (κ3) is 3.09. The fourth-order valence-corrected chi connectivity index (χ4v) is 3.12. The van der Waals surface area contributed by atoms with E-state index in [0.717, 1.165) is 8.95 Å². The van der Waals surface area contributed by atoms with Crippen LogP contribution in [0.5, 0.6) is 0 Å². The first-order valence-corrected chi connectivity index (χ1v) is 7.14. The Kier molecular flexibility index (Phi) is 4.36. The Bertz CT molecular complexity index is 607. The highest BCUT2D eigenvalue weighted by molar-refractivity contribution is 9.10. The van der Waals surface area contributed by atoms with Crippen LogP contribution < -0.4 is 0 Å². The van der Waals surface area contributed by atoms with E-state index in [9.17, 15) is 4.79 Å². The monoisotopic (exact) mass is 388 g/mol. The van der Waals surface area contributed by atoms with Gasteiger partial charge in [0.25, 0.3) is 0 Å². The molecule has 0 fully saturated rings. The molecular weight excluding hydrogens is 384 g/mol. The number of nitrogens with zero attached hydrogens (tertiary/aromatic N) is 2. The van der Waals surface area contributed by atoms with E-state index < -0.39 is 5.97 Å². The van der Waals surface area contributed by atoms with E-state index in [1.54, 1.807) is 24.4 Å². The zero-order valence-electron chi connectivity index (χ0n) is 8.80. The molecule has 2 aromatic rings. The van der Waals surface area contributed by atoms with Crippen LogP contribution in [0, 0.1) is 0 Å². The molecule has 0 aliphatic heterocycles. The molecule has 2 rings (SSSR count). The standard InChI is InChI=1S/C11H6Br2N2O2S/c12-6-1-2-7(11(16)17)9(3-6)18-10-8(13)4-14-5-15-10/h1-5H,(H,16,17). The number of halogens is 2. The first-order chi connectivity index (χ1) is 8.58. The number of hydrogen-bond donors (Lipinski definition) is 1. The zero-order valence-corrected chi connectivity index (χ0v) is 12.8. The van der Waals surface area contributed by atoms with Crippen molar-refractivity contribution in [1.29, 1.82) is 0 Å². The lowest BCUT2D eigenvalue weighted by atomic mass is 10.2. The highest BCUT2D eigenvalue weighted by Gasteiger charge is 2.13. The minimum atomic E-state index is -0.963. The van der Waals surface area contributed by atoms with Crippen molar-refractivity contribution in [2.75, 3.05) is 0 Å². The molecule has 92 valence electrons. The van der Waals surface area contributed by atoms with Gasteiger partial charge in [-0.1, -0.05) is 27.7 Å². The number of rotatable bonds is 3. The predicted molar refractivity (Wildman–Crippen MR) is 75.0 cm³/mol. The van der Waals surface area contributed by atoms with Crippen LogP contribution in [0.4, 0.5) is 0 Å². The van der Waals surface area contributed by atoms with Gasteiger partial charge in [-0.15, -0.1) is 0 Å². The average Bonchev–Trinajstić information content (AvgIpc) is 2.32. The molecule has 1 aromatic heterocycles. The van der Waals surface area contributed by atoms with Crippen molar-refractivity contribution in [3.63, 3.8) is 0 Å². The summed E-state index contributed by atoms with van der Waals surface area (Å²) in [5.74, 6) is -0.963. The van der Waals surface area contributed by atoms with Gasteiger partial charge in [-0.2, -0.15) is 0 Å². The number of carbonyl (C=O) groups is 1. The summed E-state index contributed by atoms with van der Waals surface area (Å²) < 4.78 is 1.55. The maximum atomic E-state index is 11.1. The third-order valence-corrected chi connectivity index (χ3v) is 4.43. The molecule has 1 aromatic carbocycles. The van der Waals surface area contributed by atoms with Crippen LogP contribution in [0.2, 0.25) is 0 Å². The fourth-order valence-electron chi connectivity index (χ4n) is 1.24. The summed E-state index contributed by atoms with van der Waals surface area (Å²) in [5.41, 5.74) is 0.244. The number of carboxylic acid groups (broad SMARTS) is 1. The van der Waals surface area contributed by atoms with Crippen LogP contribution in [0.3, 0.4) is 0 Å². The molecule has 0 aliphatic rings. The summed E-state index contributed by atoms with van der Waals surface area (Å²) in [7, 11) is 0. The van der Waals surface area contributed by atoms with Gasteiger partial charge in [0.15, 0.2) is 0 Å². The van der Waals surface area contributed by atoms with Gasteiger partial charge in [0.2, 0.25) is 0 Å². The molecule has 0 atom stereocenters. The van der Waals surface area contributed by atoms with Gasteiger partial charge in [-0.3, -0.25) is 0 Å². The molecule has 0 unspecified atom stereocenters. The van der Waals surface area contributed by atoms with Crippen molar-refractivity contribution in [1.82, 2.24) is 9.97 Å². The first-order valence-electron chi connectivity index (χ1n) is 4.74. The summed E-state index contributed by atoms with van der Waals surface area (Å²) in [4.78, 5) is 19.7. The molecule has 4 nitrogen and oxygen atoms in total. The smallest absolute Gasteiger partial charge is 0.336 e. The molecule has 18 heavy (non-hydrogen) atoms. The molecule has 0 bridgehead atoms. The number of hydrogen-bond acceptors (Lipinski definition) is 4. The lowest BCUT2D eigenvalue weighted by molar-refractivity contribution is 0.0693. The molecule has 0 spiro atoms. The first kappa shape index (κ1) is 13.5. The summed E-state index contributed by atoms with van der Waals surface area (Å²) in [6.07, 6.45) is 3.04. The van der Waals surface area contributed by atoms with Gasteiger partial charge in [0, 0.05) is 15.6 Å². The van der Waals surface area contributed by atoms with Crippen LogP contribution in [-0.4, -0.2) is 21.0 Å². The summed E-state index contributed by atoms with van der Waals surface area (Å²) in [5, 5.41) is 9.80. The number of benzene rings is 1. The third-order valence-electron chi connectivity index (χ3n) is 2.01. The Morgan fingerprint density at radius 2 is 2.11 bits per heavy atom. The molecule has 7 heteroatoms. The SMILES string of the molecule is O=C(O)c1ccc(Br)cc1Sc1ncncc1Br. The largest absolute Gasteiger partial charge is 0.478 e. The van der Waals surface area contributed by atoms with E-state index in [1.165, 1.54) is 18.1 Å². The highest BCUT2D eigenvalue weighted by atomic mass is 79.9. The second-order valence-electron chi connectivity index (χ2n) is 3.22. The minimum absolute atomic E-state index is 0.244. The lowest BCUT2D eigenvalue weighted by Gasteiger charge is -2.06. The Morgan fingerprint density at radius 3 is 2.78 bits per heavy atom. The average molecular weight is 390 g/mol. The van der Waals surface area contributed by atoms with Crippen molar-refractivity contribution in [3.8, 4) is 0 Å². The minimum Gasteiger partial charge on any atom is -0.478 e. The maximum Gasteiger partial charge on any atom is 0.336 e. The highest BCUT2D eigenvalue weighted by Crippen LogP contribution is 2.34. The quantitative estimate of drug-likeness (QED) is 0.807. The number of aromatic carboxylic acids is 1. The van der Waals surface area contributed by atoms with E-state index in [0.29, 0.717) is 9.92 Å². The van der Waals surface area contributed by atoms with Crippen molar-refractivity contribution >= 4 is 49.6 Å². The number of aromatic nitrogens is 2. The molecule has 0 amide bonds. The topological polar surface area (TPSA) is 63.1 Å². The van der Waals surface area contributed by atoms with E-state index in [4.69, 9.17) is 5.11 Å².